The summed E-state index contributed by atoms with van der Waals surface area (Å²) in [6.45, 7) is 1.96. The van der Waals surface area contributed by atoms with Gasteiger partial charge in [-0.15, -0.1) is 0 Å². The molecule has 2 aromatic rings. The molecule has 20 heavy (non-hydrogen) atoms. The maximum Gasteiger partial charge on any atom is 0.115 e. The van der Waals surface area contributed by atoms with Crippen LogP contribution in [0.25, 0.3) is 0 Å². The van der Waals surface area contributed by atoms with Crippen LogP contribution in [0.1, 0.15) is 30.1 Å². The van der Waals surface area contributed by atoms with Crippen LogP contribution in [0.3, 0.4) is 0 Å². The average Bonchev–Trinajstić information content (AvgIpc) is 2.44. The Morgan fingerprint density at radius 1 is 1.10 bits per heavy atom. The van der Waals surface area contributed by atoms with Crippen LogP contribution in [0.5, 0.6) is 5.75 Å². The number of halogens is 1. The van der Waals surface area contributed by atoms with E-state index in [1.54, 1.807) is 24.3 Å². The molecule has 3 nitrogen and oxygen atoms in total. The Morgan fingerprint density at radius 2 is 1.80 bits per heavy atom. The fourth-order valence-corrected chi connectivity index (χ4v) is 2.37. The van der Waals surface area contributed by atoms with Crippen molar-refractivity contribution in [2.45, 2.75) is 19.0 Å². The summed E-state index contributed by atoms with van der Waals surface area (Å²) < 4.78 is 0. The summed E-state index contributed by atoms with van der Waals surface area (Å²) >= 11 is 5.98. The molecule has 0 saturated heterocycles. The minimum absolute atomic E-state index is 0.00164. The number of hydrogen-bond donors (Lipinski definition) is 3. The summed E-state index contributed by atoms with van der Waals surface area (Å²) in [5.41, 5.74) is 1.90. The highest BCUT2D eigenvalue weighted by Crippen LogP contribution is 2.23. The monoisotopic (exact) mass is 291 g/mol. The van der Waals surface area contributed by atoms with E-state index >= 15 is 0 Å². The van der Waals surface area contributed by atoms with Crippen molar-refractivity contribution in [2.75, 3.05) is 6.61 Å². The lowest BCUT2D eigenvalue weighted by Crippen LogP contribution is -2.27. The third-order valence-electron chi connectivity index (χ3n) is 3.26. The minimum Gasteiger partial charge on any atom is -0.508 e. The maximum atomic E-state index is 9.57. The predicted octanol–water partition coefficient (Wildman–Crippen LogP) is 3.43. The van der Waals surface area contributed by atoms with Gasteiger partial charge >= 0.3 is 0 Å². The van der Waals surface area contributed by atoms with E-state index in [0.29, 0.717) is 5.02 Å². The van der Waals surface area contributed by atoms with Crippen molar-refractivity contribution >= 4 is 11.6 Å². The van der Waals surface area contributed by atoms with Gasteiger partial charge in [-0.2, -0.15) is 0 Å². The predicted molar refractivity (Wildman–Crippen MR) is 80.9 cm³/mol. The second-order valence-corrected chi connectivity index (χ2v) is 5.21. The number of phenols is 1. The molecule has 0 spiro atoms. The molecule has 0 heterocycles. The summed E-state index contributed by atoms with van der Waals surface area (Å²) in [6.07, 6.45) is 0. The topological polar surface area (TPSA) is 52.5 Å². The Hall–Kier alpha value is -1.55. The first-order valence-electron chi connectivity index (χ1n) is 6.51. The Balaban J connectivity index is 2.14. The maximum absolute atomic E-state index is 9.57. The van der Waals surface area contributed by atoms with E-state index in [1.807, 2.05) is 31.2 Å². The minimum atomic E-state index is -0.203. The summed E-state index contributed by atoms with van der Waals surface area (Å²) in [6, 6.07) is 14.3. The van der Waals surface area contributed by atoms with Crippen LogP contribution in [0.15, 0.2) is 48.5 Å². The lowest BCUT2D eigenvalue weighted by atomic mass is 10.0. The number of nitrogens with one attached hydrogen (secondary N) is 1. The third kappa shape index (κ3) is 3.73. The first-order chi connectivity index (χ1) is 9.60. The first-order valence-corrected chi connectivity index (χ1v) is 6.89. The van der Waals surface area contributed by atoms with E-state index in [4.69, 9.17) is 11.6 Å². The van der Waals surface area contributed by atoms with Gasteiger partial charge in [-0.1, -0.05) is 35.9 Å². The van der Waals surface area contributed by atoms with Crippen LogP contribution in [0, 0.1) is 0 Å². The molecule has 0 aromatic heterocycles. The Kier molecular flexibility index (Phi) is 5.01. The molecule has 106 valence electrons. The van der Waals surface area contributed by atoms with Crippen LogP contribution >= 0.6 is 11.6 Å². The van der Waals surface area contributed by atoms with E-state index in [2.05, 4.69) is 5.32 Å². The van der Waals surface area contributed by atoms with Gasteiger partial charge in [0.1, 0.15) is 5.75 Å². The molecule has 0 radical (unpaired) electrons. The van der Waals surface area contributed by atoms with Gasteiger partial charge in [-0.25, -0.2) is 0 Å². The molecule has 0 aliphatic heterocycles. The third-order valence-corrected chi connectivity index (χ3v) is 3.49. The molecule has 2 aromatic carbocycles. The lowest BCUT2D eigenvalue weighted by molar-refractivity contribution is 0.235. The zero-order valence-electron chi connectivity index (χ0n) is 11.3. The highest BCUT2D eigenvalue weighted by atomic mass is 35.5. The van der Waals surface area contributed by atoms with Crippen LogP contribution in [-0.2, 0) is 0 Å². The first kappa shape index (κ1) is 14.9. The molecule has 2 rings (SSSR count). The van der Waals surface area contributed by atoms with Crippen molar-refractivity contribution in [1.29, 1.82) is 0 Å². The van der Waals surface area contributed by atoms with Crippen LogP contribution in [-0.4, -0.2) is 16.8 Å². The van der Waals surface area contributed by atoms with Gasteiger partial charge in [0.15, 0.2) is 0 Å². The smallest absolute Gasteiger partial charge is 0.115 e. The molecule has 4 heteroatoms. The van der Waals surface area contributed by atoms with Gasteiger partial charge < -0.3 is 15.5 Å². The number of benzene rings is 2. The number of phenolic OH excluding ortho intramolecular Hbond substituents is 1. The van der Waals surface area contributed by atoms with E-state index in [-0.39, 0.29) is 24.4 Å². The van der Waals surface area contributed by atoms with Gasteiger partial charge in [0.25, 0.3) is 0 Å². The molecule has 0 aliphatic carbocycles. The van der Waals surface area contributed by atoms with Gasteiger partial charge in [0.2, 0.25) is 0 Å². The molecule has 0 aliphatic rings. The van der Waals surface area contributed by atoms with Crippen molar-refractivity contribution < 1.29 is 10.2 Å². The quantitative estimate of drug-likeness (QED) is 0.791. The Morgan fingerprint density at radius 3 is 2.45 bits per heavy atom. The second kappa shape index (κ2) is 6.75. The van der Waals surface area contributed by atoms with E-state index in [1.165, 1.54) is 0 Å². The Bertz CT molecular complexity index is 574. The van der Waals surface area contributed by atoms with Crippen LogP contribution < -0.4 is 5.32 Å². The molecular weight excluding hydrogens is 274 g/mol. The average molecular weight is 292 g/mol. The highest BCUT2D eigenvalue weighted by Gasteiger charge is 2.15. The number of aromatic hydroxyl groups is 1. The van der Waals surface area contributed by atoms with Gasteiger partial charge in [-0.05, 0) is 42.3 Å². The highest BCUT2D eigenvalue weighted by molar-refractivity contribution is 6.30. The lowest BCUT2D eigenvalue weighted by Gasteiger charge is -2.22. The van der Waals surface area contributed by atoms with Crippen molar-refractivity contribution in [2.24, 2.45) is 0 Å². The van der Waals surface area contributed by atoms with Gasteiger partial charge in [0, 0.05) is 11.1 Å². The summed E-state index contributed by atoms with van der Waals surface area (Å²) in [4.78, 5) is 0. The molecule has 3 N–H and O–H groups in total. The fourth-order valence-electron chi connectivity index (χ4n) is 2.17. The zero-order valence-corrected chi connectivity index (χ0v) is 12.0. The number of rotatable bonds is 5. The van der Waals surface area contributed by atoms with Crippen molar-refractivity contribution in [3.05, 3.63) is 64.7 Å². The zero-order chi connectivity index (χ0) is 14.5. The summed E-state index contributed by atoms with van der Waals surface area (Å²) in [5.74, 6) is 0.236. The second-order valence-electron chi connectivity index (χ2n) is 4.77. The van der Waals surface area contributed by atoms with Gasteiger partial charge in [0.05, 0.1) is 12.6 Å². The van der Waals surface area contributed by atoms with Crippen molar-refractivity contribution in [3.63, 3.8) is 0 Å². The fraction of sp³-hybridized carbons (Fsp3) is 0.250. The van der Waals surface area contributed by atoms with E-state index in [9.17, 15) is 10.2 Å². The summed E-state index contributed by atoms with van der Waals surface area (Å²) in [5, 5.41) is 23.1. The largest absolute Gasteiger partial charge is 0.508 e. The molecule has 0 bridgehead atoms. The molecule has 2 atom stereocenters. The number of aliphatic hydroxyl groups is 1. The normalized spacial score (nSPS) is 13.9. The van der Waals surface area contributed by atoms with Gasteiger partial charge in [-0.3, -0.25) is 0 Å². The SMILES string of the molecule is C[C@@H](N[C@@H](CO)c1cccc(Cl)c1)c1cccc(O)c1. The molecule has 0 fully saturated rings. The van der Waals surface area contributed by atoms with E-state index < -0.39 is 0 Å². The standard InChI is InChI=1S/C16H18ClNO2/c1-11(12-4-3-7-15(20)9-12)18-16(10-19)13-5-2-6-14(17)8-13/h2-9,11,16,18-20H,10H2,1H3/t11-,16+/m1/s1. The Labute approximate surface area is 123 Å². The summed E-state index contributed by atoms with van der Waals surface area (Å²) in [7, 11) is 0. The molecule has 0 unspecified atom stereocenters. The van der Waals surface area contributed by atoms with E-state index in [0.717, 1.165) is 11.1 Å². The molecular formula is C16H18ClNO2. The van der Waals surface area contributed by atoms with Crippen molar-refractivity contribution in [3.8, 4) is 5.75 Å². The van der Waals surface area contributed by atoms with Crippen molar-refractivity contribution in [1.82, 2.24) is 5.32 Å². The van der Waals surface area contributed by atoms with Crippen LogP contribution in [0.2, 0.25) is 5.02 Å². The number of aliphatic hydroxyl groups excluding tert-OH is 1. The number of hydrogen-bond acceptors (Lipinski definition) is 3. The molecule has 0 amide bonds. The molecule has 0 saturated carbocycles. The van der Waals surface area contributed by atoms with Crippen LogP contribution in [0.4, 0.5) is 0 Å².